The number of piperazine rings is 1. The van der Waals surface area contributed by atoms with Gasteiger partial charge in [-0.05, 0) is 18.9 Å². The van der Waals surface area contributed by atoms with Gasteiger partial charge in [-0.1, -0.05) is 36.7 Å². The number of benzene rings is 1. The van der Waals surface area contributed by atoms with E-state index in [1.165, 1.54) is 24.6 Å². The average Bonchev–Trinajstić information content (AvgIpc) is 3.30. The fourth-order valence-corrected chi connectivity index (χ4v) is 4.84. The molecule has 3 rings (SSSR count). The summed E-state index contributed by atoms with van der Waals surface area (Å²) in [4.78, 5) is 16.9. The van der Waals surface area contributed by atoms with Crippen LogP contribution in [0.5, 0.6) is 11.5 Å². The topological polar surface area (TPSA) is 104 Å². The summed E-state index contributed by atoms with van der Waals surface area (Å²) in [6.45, 7) is 4.59. The van der Waals surface area contributed by atoms with Crippen LogP contribution in [0, 0.1) is 0 Å². The first-order valence-electron chi connectivity index (χ1n) is 10.8. The second-order valence-electron chi connectivity index (χ2n) is 7.83. The van der Waals surface area contributed by atoms with Crippen LogP contribution in [0.1, 0.15) is 31.2 Å². The Morgan fingerprint density at radius 1 is 1.16 bits per heavy atom. The average molecular weight is 451 g/mol. The lowest BCUT2D eigenvalue weighted by Gasteiger charge is -2.34. The molecule has 2 fully saturated rings. The van der Waals surface area contributed by atoms with E-state index in [-0.39, 0.29) is 12.1 Å². The van der Waals surface area contributed by atoms with Crippen LogP contribution in [0.4, 0.5) is 4.79 Å². The number of para-hydroxylation sites is 1. The number of hydrazone groups is 1. The standard InChI is InChI=1S/C21H34N6O3S/c1-29-18-9-5-6-16(19(18)30-2)14-26-10-12-27(13-11-26)15-31-21(25-22)24-20(28)23-17-7-3-4-8-17/h5-6,9,17H,3-4,7-8,10-15,22H2,1-2H3,(H2,23,24,25,28). The molecule has 0 atom stereocenters. The number of hydrogen-bond donors (Lipinski definition) is 3. The first-order chi connectivity index (χ1) is 15.1. The number of hydrogen-bond acceptors (Lipinski definition) is 8. The monoisotopic (exact) mass is 450 g/mol. The third-order valence-corrected chi connectivity index (χ3v) is 6.73. The molecule has 2 aliphatic rings. The van der Waals surface area contributed by atoms with Gasteiger partial charge >= 0.3 is 6.03 Å². The van der Waals surface area contributed by atoms with Gasteiger partial charge < -0.3 is 20.6 Å². The first-order valence-corrected chi connectivity index (χ1v) is 11.7. The molecule has 1 aromatic rings. The van der Waals surface area contributed by atoms with E-state index in [4.69, 9.17) is 15.3 Å². The molecule has 1 saturated carbocycles. The van der Waals surface area contributed by atoms with E-state index in [1.807, 2.05) is 12.1 Å². The highest BCUT2D eigenvalue weighted by Gasteiger charge is 2.21. The fraction of sp³-hybridized carbons (Fsp3) is 0.619. The number of urea groups is 1. The third kappa shape index (κ3) is 6.91. The van der Waals surface area contributed by atoms with Crippen molar-refractivity contribution in [1.29, 1.82) is 0 Å². The summed E-state index contributed by atoms with van der Waals surface area (Å²) in [5.74, 6) is 7.77. The molecular formula is C21H34N6O3S. The van der Waals surface area contributed by atoms with Gasteiger partial charge in [0, 0.05) is 44.3 Å². The number of nitrogens with zero attached hydrogens (tertiary/aromatic N) is 3. The Bertz CT molecular complexity index is 749. The molecule has 10 heteroatoms. The molecule has 2 amide bonds. The lowest BCUT2D eigenvalue weighted by Crippen LogP contribution is -2.46. The zero-order valence-corrected chi connectivity index (χ0v) is 19.2. The molecule has 1 aliphatic heterocycles. The highest BCUT2D eigenvalue weighted by molar-refractivity contribution is 8.13. The van der Waals surface area contributed by atoms with E-state index in [1.54, 1.807) is 14.2 Å². The van der Waals surface area contributed by atoms with Gasteiger partial charge in [-0.3, -0.25) is 15.1 Å². The molecular weight excluding hydrogens is 416 g/mol. The van der Waals surface area contributed by atoms with Crippen molar-refractivity contribution in [2.45, 2.75) is 38.3 Å². The molecule has 0 unspecified atom stereocenters. The number of carbonyl (C=O) groups excluding carboxylic acids is 1. The second kappa shape index (κ2) is 12.0. The van der Waals surface area contributed by atoms with Crippen molar-refractivity contribution in [3.63, 3.8) is 0 Å². The SMILES string of the molecule is COc1cccc(CN2CCN(CSC(=NN)NC(=O)NC3CCCC3)CC2)c1OC. The molecule has 1 aliphatic carbocycles. The predicted molar refractivity (Wildman–Crippen MR) is 124 cm³/mol. The normalized spacial score (nSPS) is 18.7. The van der Waals surface area contributed by atoms with E-state index in [0.29, 0.717) is 5.17 Å². The Morgan fingerprint density at radius 3 is 2.52 bits per heavy atom. The number of nitrogens with two attached hydrogens (primary N) is 1. The number of methoxy groups -OCH3 is 2. The van der Waals surface area contributed by atoms with Gasteiger partial charge in [0.1, 0.15) is 0 Å². The van der Waals surface area contributed by atoms with E-state index in [2.05, 4.69) is 31.6 Å². The summed E-state index contributed by atoms with van der Waals surface area (Å²) < 4.78 is 11.0. The minimum atomic E-state index is -0.222. The molecule has 0 aromatic heterocycles. The van der Waals surface area contributed by atoms with Crippen molar-refractivity contribution in [3.8, 4) is 11.5 Å². The summed E-state index contributed by atoms with van der Waals surface area (Å²) in [6, 6.07) is 6.03. The van der Waals surface area contributed by atoms with Gasteiger partial charge in [-0.15, -0.1) is 0 Å². The van der Waals surface area contributed by atoms with E-state index in [9.17, 15) is 4.79 Å². The molecule has 9 nitrogen and oxygen atoms in total. The Labute approximate surface area is 188 Å². The second-order valence-corrected chi connectivity index (χ2v) is 8.77. The van der Waals surface area contributed by atoms with E-state index < -0.39 is 0 Å². The molecule has 0 spiro atoms. The van der Waals surface area contributed by atoms with Crippen molar-refractivity contribution >= 4 is 23.0 Å². The quantitative estimate of drug-likeness (QED) is 0.253. The molecule has 1 aromatic carbocycles. The van der Waals surface area contributed by atoms with Crippen molar-refractivity contribution in [3.05, 3.63) is 23.8 Å². The number of nitrogens with one attached hydrogen (secondary N) is 2. The summed E-state index contributed by atoms with van der Waals surface area (Å²) >= 11 is 1.45. The van der Waals surface area contributed by atoms with Crippen molar-refractivity contribution in [1.82, 2.24) is 20.4 Å². The summed E-state index contributed by atoms with van der Waals surface area (Å²) in [5.41, 5.74) is 1.12. The van der Waals surface area contributed by atoms with Crippen LogP contribution in [0.25, 0.3) is 0 Å². The Hall–Kier alpha value is -2.17. The van der Waals surface area contributed by atoms with Crippen LogP contribution in [0.15, 0.2) is 23.3 Å². The maximum absolute atomic E-state index is 12.1. The summed E-state index contributed by atoms with van der Waals surface area (Å²) in [6.07, 6.45) is 4.44. The molecule has 172 valence electrons. The number of carbonyl (C=O) groups is 1. The first kappa shape index (κ1) is 23.5. The van der Waals surface area contributed by atoms with Gasteiger partial charge in [0.2, 0.25) is 0 Å². The van der Waals surface area contributed by atoms with Gasteiger partial charge in [0.25, 0.3) is 0 Å². The lowest BCUT2D eigenvalue weighted by atomic mass is 10.1. The summed E-state index contributed by atoms with van der Waals surface area (Å²) in [5, 5.41) is 9.94. The van der Waals surface area contributed by atoms with Crippen LogP contribution in [0.2, 0.25) is 0 Å². The number of amides is 2. The van der Waals surface area contributed by atoms with E-state index in [0.717, 1.165) is 68.5 Å². The van der Waals surface area contributed by atoms with Crippen LogP contribution in [0.3, 0.4) is 0 Å². The largest absolute Gasteiger partial charge is 0.493 e. The zero-order chi connectivity index (χ0) is 22.1. The number of amidine groups is 1. The lowest BCUT2D eigenvalue weighted by molar-refractivity contribution is 0.142. The fourth-order valence-electron chi connectivity index (χ4n) is 4.04. The highest BCUT2D eigenvalue weighted by atomic mass is 32.2. The Balaban J connectivity index is 1.40. The van der Waals surface area contributed by atoms with Gasteiger partial charge in [0.05, 0.1) is 20.1 Å². The molecule has 1 heterocycles. The van der Waals surface area contributed by atoms with Gasteiger partial charge in [0.15, 0.2) is 16.7 Å². The minimum Gasteiger partial charge on any atom is -0.493 e. The number of ether oxygens (including phenoxy) is 2. The van der Waals surface area contributed by atoms with E-state index >= 15 is 0 Å². The van der Waals surface area contributed by atoms with Gasteiger partial charge in [-0.25, -0.2) is 4.79 Å². The van der Waals surface area contributed by atoms with Crippen molar-refractivity contribution in [2.75, 3.05) is 46.3 Å². The predicted octanol–water partition coefficient (Wildman–Crippen LogP) is 1.98. The zero-order valence-electron chi connectivity index (χ0n) is 18.4. The molecule has 0 radical (unpaired) electrons. The maximum Gasteiger partial charge on any atom is 0.321 e. The highest BCUT2D eigenvalue weighted by Crippen LogP contribution is 2.31. The number of rotatable bonds is 7. The molecule has 31 heavy (non-hydrogen) atoms. The molecule has 4 N–H and O–H groups in total. The van der Waals surface area contributed by atoms with Crippen LogP contribution in [-0.2, 0) is 6.54 Å². The number of thioether (sulfide) groups is 1. The Morgan fingerprint density at radius 2 is 1.87 bits per heavy atom. The van der Waals surface area contributed by atoms with Crippen LogP contribution < -0.4 is 25.9 Å². The molecule has 0 bridgehead atoms. The van der Waals surface area contributed by atoms with Crippen molar-refractivity contribution < 1.29 is 14.3 Å². The van der Waals surface area contributed by atoms with Gasteiger partial charge in [-0.2, -0.15) is 5.10 Å². The maximum atomic E-state index is 12.1. The third-order valence-electron chi connectivity index (χ3n) is 5.76. The minimum absolute atomic E-state index is 0.222. The van der Waals surface area contributed by atoms with Crippen LogP contribution >= 0.6 is 11.8 Å². The smallest absolute Gasteiger partial charge is 0.321 e. The van der Waals surface area contributed by atoms with Crippen molar-refractivity contribution in [2.24, 2.45) is 10.9 Å². The summed E-state index contributed by atoms with van der Waals surface area (Å²) in [7, 11) is 3.33. The van der Waals surface area contributed by atoms with Crippen LogP contribution in [-0.4, -0.2) is 73.3 Å². The molecule has 1 saturated heterocycles. The Kier molecular flexibility index (Phi) is 9.11.